The number of thioether (sulfide) groups is 1. The average Bonchev–Trinajstić information content (AvgIpc) is 2.40. The topological polar surface area (TPSA) is 23.8 Å². The van der Waals surface area contributed by atoms with Crippen molar-refractivity contribution in [2.45, 2.75) is 24.7 Å². The molecule has 0 saturated heterocycles. The SMILES string of the molecule is CSc1cc(-c2ccc(C)cc2)c2c(c1C#N)CC2. The summed E-state index contributed by atoms with van der Waals surface area (Å²) in [4.78, 5) is 1.11. The Hall–Kier alpha value is -1.72. The molecule has 3 rings (SSSR count). The van der Waals surface area contributed by atoms with Gasteiger partial charge in [0.05, 0.1) is 5.56 Å². The summed E-state index contributed by atoms with van der Waals surface area (Å²) in [6, 6.07) is 13.2. The predicted molar refractivity (Wildman–Crippen MR) is 80.5 cm³/mol. The van der Waals surface area contributed by atoms with Crippen LogP contribution in [0.1, 0.15) is 22.3 Å². The number of nitrogens with zero attached hydrogens (tertiary/aromatic N) is 1. The number of nitriles is 1. The van der Waals surface area contributed by atoms with E-state index in [4.69, 9.17) is 0 Å². The molecule has 0 bridgehead atoms. The van der Waals surface area contributed by atoms with Crippen molar-refractivity contribution in [3.63, 3.8) is 0 Å². The highest BCUT2D eigenvalue weighted by molar-refractivity contribution is 7.98. The molecule has 2 aromatic rings. The third kappa shape index (κ3) is 1.95. The minimum Gasteiger partial charge on any atom is -0.192 e. The van der Waals surface area contributed by atoms with Gasteiger partial charge in [-0.3, -0.25) is 0 Å². The van der Waals surface area contributed by atoms with Crippen LogP contribution in [-0.4, -0.2) is 6.26 Å². The van der Waals surface area contributed by atoms with Crippen LogP contribution in [0.25, 0.3) is 11.1 Å². The summed E-state index contributed by atoms with van der Waals surface area (Å²) in [7, 11) is 0. The predicted octanol–water partition coefficient (Wildman–Crippen LogP) is 4.35. The van der Waals surface area contributed by atoms with Gasteiger partial charge in [-0.25, -0.2) is 0 Å². The van der Waals surface area contributed by atoms with Crippen LogP contribution < -0.4 is 0 Å². The van der Waals surface area contributed by atoms with E-state index < -0.39 is 0 Å². The van der Waals surface area contributed by atoms with Gasteiger partial charge in [0.25, 0.3) is 0 Å². The maximum Gasteiger partial charge on any atom is 0.101 e. The van der Waals surface area contributed by atoms with Gasteiger partial charge in [0.2, 0.25) is 0 Å². The van der Waals surface area contributed by atoms with Crippen molar-refractivity contribution in [2.75, 3.05) is 6.26 Å². The quantitative estimate of drug-likeness (QED) is 0.754. The van der Waals surface area contributed by atoms with Crippen LogP contribution in [0.2, 0.25) is 0 Å². The molecular weight excluding hydrogens is 250 g/mol. The first-order valence-corrected chi connectivity index (χ1v) is 7.67. The molecule has 0 saturated carbocycles. The molecule has 0 fully saturated rings. The Labute approximate surface area is 118 Å². The second-order valence-corrected chi connectivity index (χ2v) is 5.78. The molecule has 0 spiro atoms. The van der Waals surface area contributed by atoms with E-state index in [1.807, 2.05) is 6.26 Å². The normalized spacial score (nSPS) is 12.5. The lowest BCUT2D eigenvalue weighted by Gasteiger charge is -2.26. The highest BCUT2D eigenvalue weighted by Crippen LogP contribution is 2.40. The Kier molecular flexibility index (Phi) is 3.08. The molecule has 0 atom stereocenters. The Morgan fingerprint density at radius 2 is 1.79 bits per heavy atom. The molecule has 1 nitrogen and oxygen atoms in total. The molecule has 0 aromatic heterocycles. The van der Waals surface area contributed by atoms with E-state index in [1.54, 1.807) is 11.8 Å². The standard InChI is InChI=1S/C17H15NS/c1-11-3-5-12(6-4-11)15-9-17(19-2)16(10-18)14-8-7-13(14)15/h3-6,9H,7-8H2,1-2H3. The van der Waals surface area contributed by atoms with E-state index in [9.17, 15) is 5.26 Å². The summed E-state index contributed by atoms with van der Waals surface area (Å²) >= 11 is 1.67. The van der Waals surface area contributed by atoms with Gasteiger partial charge < -0.3 is 0 Å². The molecule has 0 heterocycles. The molecule has 0 N–H and O–H groups in total. The smallest absolute Gasteiger partial charge is 0.101 e. The van der Waals surface area contributed by atoms with Crippen molar-refractivity contribution in [3.8, 4) is 17.2 Å². The number of aryl methyl sites for hydroxylation is 1. The third-order valence-electron chi connectivity index (χ3n) is 3.83. The number of hydrogen-bond acceptors (Lipinski definition) is 2. The fraction of sp³-hybridized carbons (Fsp3) is 0.235. The van der Waals surface area contributed by atoms with Crippen molar-refractivity contribution < 1.29 is 0 Å². The van der Waals surface area contributed by atoms with Gasteiger partial charge in [-0.05, 0) is 54.3 Å². The molecule has 94 valence electrons. The number of benzene rings is 2. The fourth-order valence-electron chi connectivity index (χ4n) is 2.66. The monoisotopic (exact) mass is 265 g/mol. The first-order chi connectivity index (χ1) is 9.24. The van der Waals surface area contributed by atoms with Gasteiger partial charge in [0, 0.05) is 4.90 Å². The minimum absolute atomic E-state index is 0.893. The van der Waals surface area contributed by atoms with E-state index in [2.05, 4.69) is 43.3 Å². The zero-order valence-corrected chi connectivity index (χ0v) is 12.0. The van der Waals surface area contributed by atoms with Gasteiger partial charge in [-0.1, -0.05) is 29.8 Å². The summed E-state index contributed by atoms with van der Waals surface area (Å²) in [6.07, 6.45) is 4.19. The zero-order chi connectivity index (χ0) is 13.4. The molecule has 2 aromatic carbocycles. The number of rotatable bonds is 2. The fourth-order valence-corrected chi connectivity index (χ4v) is 3.27. The molecule has 0 aliphatic heterocycles. The van der Waals surface area contributed by atoms with Crippen molar-refractivity contribution in [1.29, 1.82) is 5.26 Å². The van der Waals surface area contributed by atoms with Crippen LogP contribution in [0.3, 0.4) is 0 Å². The number of fused-ring (bicyclic) bond motifs is 1. The van der Waals surface area contributed by atoms with Gasteiger partial charge >= 0.3 is 0 Å². The molecule has 2 heteroatoms. The Balaban J connectivity index is 2.21. The Morgan fingerprint density at radius 3 is 2.32 bits per heavy atom. The zero-order valence-electron chi connectivity index (χ0n) is 11.2. The second kappa shape index (κ2) is 4.75. The summed E-state index contributed by atoms with van der Waals surface area (Å²) in [5, 5.41) is 9.32. The lowest BCUT2D eigenvalue weighted by Crippen LogP contribution is -2.13. The summed E-state index contributed by atoms with van der Waals surface area (Å²) in [5.41, 5.74) is 7.39. The highest BCUT2D eigenvalue weighted by Gasteiger charge is 2.24. The molecule has 1 aliphatic rings. The molecule has 0 amide bonds. The largest absolute Gasteiger partial charge is 0.192 e. The minimum atomic E-state index is 0.893. The summed E-state index contributed by atoms with van der Waals surface area (Å²) < 4.78 is 0. The first kappa shape index (κ1) is 12.3. The van der Waals surface area contributed by atoms with Crippen LogP contribution in [-0.2, 0) is 12.8 Å². The van der Waals surface area contributed by atoms with Gasteiger partial charge in [0.1, 0.15) is 6.07 Å². The first-order valence-electron chi connectivity index (χ1n) is 6.44. The Morgan fingerprint density at radius 1 is 1.11 bits per heavy atom. The van der Waals surface area contributed by atoms with E-state index >= 15 is 0 Å². The van der Waals surface area contributed by atoms with E-state index in [1.165, 1.54) is 27.8 Å². The summed E-state index contributed by atoms with van der Waals surface area (Å²) in [5.74, 6) is 0. The molecule has 1 aliphatic carbocycles. The van der Waals surface area contributed by atoms with Crippen LogP contribution >= 0.6 is 11.8 Å². The second-order valence-electron chi connectivity index (χ2n) is 4.94. The molecule has 19 heavy (non-hydrogen) atoms. The number of hydrogen-bond donors (Lipinski definition) is 0. The third-order valence-corrected chi connectivity index (χ3v) is 4.59. The lowest BCUT2D eigenvalue weighted by molar-refractivity contribution is 0.829. The van der Waals surface area contributed by atoms with E-state index in [0.717, 1.165) is 23.3 Å². The van der Waals surface area contributed by atoms with Crippen molar-refractivity contribution in [1.82, 2.24) is 0 Å². The van der Waals surface area contributed by atoms with Crippen LogP contribution in [0.5, 0.6) is 0 Å². The molecule has 0 unspecified atom stereocenters. The van der Waals surface area contributed by atoms with Crippen LogP contribution in [0.15, 0.2) is 35.2 Å². The maximum atomic E-state index is 9.32. The van der Waals surface area contributed by atoms with Gasteiger partial charge in [-0.15, -0.1) is 11.8 Å². The molecule has 0 radical (unpaired) electrons. The van der Waals surface area contributed by atoms with Gasteiger partial charge in [-0.2, -0.15) is 5.26 Å². The van der Waals surface area contributed by atoms with Crippen molar-refractivity contribution in [2.24, 2.45) is 0 Å². The van der Waals surface area contributed by atoms with Crippen molar-refractivity contribution in [3.05, 3.63) is 52.6 Å². The Bertz CT molecular complexity index is 678. The van der Waals surface area contributed by atoms with E-state index in [0.29, 0.717) is 0 Å². The summed E-state index contributed by atoms with van der Waals surface area (Å²) in [6.45, 7) is 2.11. The van der Waals surface area contributed by atoms with Crippen LogP contribution in [0, 0.1) is 18.3 Å². The van der Waals surface area contributed by atoms with Gasteiger partial charge in [0.15, 0.2) is 0 Å². The van der Waals surface area contributed by atoms with Crippen LogP contribution in [0.4, 0.5) is 0 Å². The molecular formula is C17H15NS. The lowest BCUT2D eigenvalue weighted by atomic mass is 9.79. The maximum absolute atomic E-state index is 9.32. The average molecular weight is 265 g/mol. The van der Waals surface area contributed by atoms with E-state index in [-0.39, 0.29) is 0 Å². The highest BCUT2D eigenvalue weighted by atomic mass is 32.2. The van der Waals surface area contributed by atoms with Crippen molar-refractivity contribution >= 4 is 11.8 Å².